The zero-order valence-electron chi connectivity index (χ0n) is 19.2. The first-order valence-electron chi connectivity index (χ1n) is 10.6. The van der Waals surface area contributed by atoms with Crippen LogP contribution < -0.4 is 10.1 Å². The molecule has 196 valence electrons. The summed E-state index contributed by atoms with van der Waals surface area (Å²) in [5.74, 6) is -3.17. The van der Waals surface area contributed by atoms with Crippen molar-refractivity contribution in [2.24, 2.45) is 0 Å². The highest BCUT2D eigenvalue weighted by Gasteiger charge is 2.42. The summed E-state index contributed by atoms with van der Waals surface area (Å²) < 4.78 is 98.2. The van der Waals surface area contributed by atoms with Crippen molar-refractivity contribution in [2.75, 3.05) is 11.6 Å². The highest BCUT2D eigenvalue weighted by Crippen LogP contribution is 2.45. The molecule has 0 radical (unpaired) electrons. The number of sulfone groups is 1. The number of benzene rings is 1. The van der Waals surface area contributed by atoms with Crippen molar-refractivity contribution in [1.29, 1.82) is 0 Å². The molecule has 1 aliphatic rings. The number of halogens is 5. The van der Waals surface area contributed by atoms with Gasteiger partial charge in [-0.2, -0.15) is 22.5 Å². The summed E-state index contributed by atoms with van der Waals surface area (Å²) in [6.07, 6.45) is -2.46. The lowest BCUT2D eigenvalue weighted by molar-refractivity contribution is -0.142. The smallest absolute Gasteiger partial charge is 0.403 e. The molecule has 37 heavy (non-hydrogen) atoms. The maximum absolute atomic E-state index is 14.6. The van der Waals surface area contributed by atoms with E-state index in [2.05, 4.69) is 25.5 Å². The van der Waals surface area contributed by atoms with Crippen LogP contribution >= 0.6 is 0 Å². The third-order valence-electron chi connectivity index (χ3n) is 5.74. The number of ether oxygens (including phenoxy) is 1. The maximum atomic E-state index is 14.6. The number of hydrogen-bond acceptors (Lipinski definition) is 8. The molecule has 0 bridgehead atoms. The number of carbonyl (C=O) groups is 1. The second-order valence-corrected chi connectivity index (χ2v) is 10.4. The summed E-state index contributed by atoms with van der Waals surface area (Å²) in [6.45, 7) is 0.945. The van der Waals surface area contributed by atoms with E-state index in [1.165, 1.54) is 18.2 Å². The number of nitrogens with one attached hydrogen (secondary N) is 1. The molecular formula is C22H18F5N5O4S. The van der Waals surface area contributed by atoms with E-state index in [1.807, 2.05) is 0 Å². The van der Waals surface area contributed by atoms with Crippen molar-refractivity contribution in [1.82, 2.24) is 20.2 Å². The highest BCUT2D eigenvalue weighted by molar-refractivity contribution is 7.90. The molecule has 0 aliphatic heterocycles. The lowest BCUT2D eigenvalue weighted by Crippen LogP contribution is -2.30. The fraction of sp³-hybridized carbons (Fsp3) is 0.318. The van der Waals surface area contributed by atoms with Crippen LogP contribution in [0, 0.1) is 12.9 Å². The van der Waals surface area contributed by atoms with Gasteiger partial charge in [-0.05, 0) is 49.9 Å². The van der Waals surface area contributed by atoms with E-state index in [1.54, 1.807) is 0 Å². The van der Waals surface area contributed by atoms with Crippen molar-refractivity contribution in [3.8, 4) is 11.9 Å². The summed E-state index contributed by atoms with van der Waals surface area (Å²) in [4.78, 5) is 20.0. The predicted octanol–water partition coefficient (Wildman–Crippen LogP) is 4.53. The standard InChI is InChI=1S/C22H18F5N5O4S/c1-11-15(18(33)29-12-5-3-6-13(9-12)37(2,34)35)19(32-31-16(11)22(25,26)27)36-20-28-10-14(17(23)30-20)21(24)7-4-8-21/h3,5-6,9-10H,4,7-8H2,1-2H3,(H,29,33). The summed E-state index contributed by atoms with van der Waals surface area (Å²) >= 11 is 0. The third kappa shape index (κ3) is 5.35. The lowest BCUT2D eigenvalue weighted by Gasteiger charge is -2.33. The topological polar surface area (TPSA) is 124 Å². The van der Waals surface area contributed by atoms with E-state index >= 15 is 0 Å². The van der Waals surface area contributed by atoms with Crippen molar-refractivity contribution in [3.63, 3.8) is 0 Å². The molecule has 15 heteroatoms. The molecule has 1 saturated carbocycles. The minimum absolute atomic E-state index is 0.0518. The monoisotopic (exact) mass is 543 g/mol. The Morgan fingerprint density at radius 3 is 2.46 bits per heavy atom. The Morgan fingerprint density at radius 1 is 1.19 bits per heavy atom. The summed E-state index contributed by atoms with van der Waals surface area (Å²) in [6, 6.07) is 4.26. The largest absolute Gasteiger partial charge is 0.435 e. The molecule has 3 aromatic rings. The molecule has 0 saturated heterocycles. The molecule has 1 aromatic carbocycles. The van der Waals surface area contributed by atoms with Crippen LogP contribution in [0.2, 0.25) is 0 Å². The average molecular weight is 543 g/mol. The van der Waals surface area contributed by atoms with Crippen LogP contribution in [0.4, 0.5) is 27.6 Å². The zero-order valence-corrected chi connectivity index (χ0v) is 20.0. The van der Waals surface area contributed by atoms with E-state index in [0.717, 1.165) is 25.4 Å². The second-order valence-electron chi connectivity index (χ2n) is 8.38. The summed E-state index contributed by atoms with van der Waals surface area (Å²) in [7, 11) is -3.65. The van der Waals surface area contributed by atoms with Crippen LogP contribution in [0.1, 0.15) is 46.4 Å². The highest BCUT2D eigenvalue weighted by atomic mass is 32.2. The van der Waals surface area contributed by atoms with Crippen molar-refractivity contribution < 1.29 is 39.9 Å². The molecule has 0 spiro atoms. The Bertz CT molecular complexity index is 1490. The minimum atomic E-state index is -4.98. The van der Waals surface area contributed by atoms with Gasteiger partial charge in [-0.15, -0.1) is 10.2 Å². The summed E-state index contributed by atoms with van der Waals surface area (Å²) in [5, 5.41) is 8.69. The molecule has 1 aliphatic carbocycles. The number of carbonyl (C=O) groups excluding carboxylic acids is 1. The number of hydrogen-bond donors (Lipinski definition) is 1. The van der Waals surface area contributed by atoms with Gasteiger partial charge in [-0.1, -0.05) is 6.07 Å². The number of nitrogens with zero attached hydrogens (tertiary/aromatic N) is 4. The van der Waals surface area contributed by atoms with E-state index in [0.29, 0.717) is 6.42 Å². The normalized spacial score (nSPS) is 15.1. The van der Waals surface area contributed by atoms with Crippen LogP contribution in [-0.2, 0) is 21.7 Å². The Balaban J connectivity index is 1.72. The molecule has 2 heterocycles. The van der Waals surface area contributed by atoms with E-state index in [9.17, 15) is 35.2 Å². The molecule has 9 nitrogen and oxygen atoms in total. The van der Waals surface area contributed by atoms with E-state index in [4.69, 9.17) is 4.74 Å². The lowest BCUT2D eigenvalue weighted by atomic mass is 9.78. The number of aromatic nitrogens is 4. The molecule has 2 aromatic heterocycles. The molecule has 4 rings (SSSR count). The van der Waals surface area contributed by atoms with E-state index in [-0.39, 0.29) is 29.0 Å². The molecule has 1 fully saturated rings. The Morgan fingerprint density at radius 2 is 1.89 bits per heavy atom. The molecule has 0 atom stereocenters. The third-order valence-corrected chi connectivity index (χ3v) is 6.85. The summed E-state index contributed by atoms with van der Waals surface area (Å²) in [5.41, 5.74) is -5.25. The van der Waals surface area contributed by atoms with Gasteiger partial charge in [-0.3, -0.25) is 4.79 Å². The predicted molar refractivity (Wildman–Crippen MR) is 118 cm³/mol. The molecule has 1 amide bonds. The van der Waals surface area contributed by atoms with Gasteiger partial charge in [0.05, 0.1) is 10.5 Å². The van der Waals surface area contributed by atoms with Crippen LogP contribution in [0.5, 0.6) is 11.9 Å². The first-order chi connectivity index (χ1) is 17.2. The first kappa shape index (κ1) is 26.3. The molecular weight excluding hydrogens is 525 g/mol. The SMILES string of the molecule is Cc1c(C(F)(F)F)nnc(Oc2ncc(C3(F)CCC3)c(F)n2)c1C(=O)Nc1cccc(S(C)(=O)=O)c1. The first-order valence-corrected chi connectivity index (χ1v) is 12.5. The zero-order chi connectivity index (χ0) is 27.2. The Hall–Kier alpha value is -3.75. The van der Waals surface area contributed by atoms with Crippen LogP contribution in [0.3, 0.4) is 0 Å². The quantitative estimate of drug-likeness (QED) is 0.355. The average Bonchev–Trinajstić information content (AvgIpc) is 2.76. The van der Waals surface area contributed by atoms with Gasteiger partial charge in [0.2, 0.25) is 5.95 Å². The van der Waals surface area contributed by atoms with Gasteiger partial charge in [0, 0.05) is 18.1 Å². The molecule has 1 N–H and O–H groups in total. The molecule has 0 unspecified atom stereocenters. The number of amides is 1. The fourth-order valence-corrected chi connectivity index (χ4v) is 4.31. The number of rotatable bonds is 6. The second kappa shape index (κ2) is 9.28. The van der Waals surface area contributed by atoms with Crippen molar-refractivity contribution >= 4 is 21.4 Å². The number of alkyl halides is 4. The Labute approximate surface area is 207 Å². The van der Waals surface area contributed by atoms with Gasteiger partial charge in [0.1, 0.15) is 11.2 Å². The van der Waals surface area contributed by atoms with Crippen LogP contribution in [-0.4, -0.2) is 40.7 Å². The van der Waals surface area contributed by atoms with Gasteiger partial charge in [0.25, 0.3) is 11.8 Å². The van der Waals surface area contributed by atoms with Crippen molar-refractivity contribution in [3.05, 3.63) is 58.8 Å². The van der Waals surface area contributed by atoms with Gasteiger partial charge < -0.3 is 10.1 Å². The maximum Gasteiger partial charge on any atom is 0.435 e. The minimum Gasteiger partial charge on any atom is -0.403 e. The number of anilines is 1. The fourth-order valence-electron chi connectivity index (χ4n) is 3.64. The van der Waals surface area contributed by atoms with E-state index < -0.39 is 62.2 Å². The van der Waals surface area contributed by atoms with Gasteiger partial charge in [0.15, 0.2) is 15.5 Å². The van der Waals surface area contributed by atoms with Gasteiger partial charge in [-0.25, -0.2) is 17.8 Å². The van der Waals surface area contributed by atoms with Crippen LogP contribution in [0.15, 0.2) is 35.4 Å². The Kier molecular flexibility index (Phi) is 6.60. The van der Waals surface area contributed by atoms with Crippen molar-refractivity contribution in [2.45, 2.75) is 42.9 Å². The van der Waals surface area contributed by atoms with Gasteiger partial charge >= 0.3 is 12.2 Å². The van der Waals surface area contributed by atoms with Crippen LogP contribution in [0.25, 0.3) is 0 Å².